The lowest BCUT2D eigenvalue weighted by Crippen LogP contribution is -2.38. The van der Waals surface area contributed by atoms with E-state index >= 15 is 0 Å². The highest BCUT2D eigenvalue weighted by atomic mass is 79.9. The lowest BCUT2D eigenvalue weighted by Gasteiger charge is -2.26. The summed E-state index contributed by atoms with van der Waals surface area (Å²) in [5, 5.41) is 0. The second-order valence-electron chi connectivity index (χ2n) is 5.74. The minimum atomic E-state index is -0.287. The molecule has 0 fully saturated rings. The highest BCUT2D eigenvalue weighted by Gasteiger charge is 2.31. The molecule has 0 radical (unpaired) electrons. The van der Waals surface area contributed by atoms with Gasteiger partial charge in [0.1, 0.15) is 0 Å². The number of carbonyl (C=O) groups is 1. The van der Waals surface area contributed by atoms with Gasteiger partial charge in [0, 0.05) is 22.7 Å². The Morgan fingerprint density at radius 3 is 2.68 bits per heavy atom. The molecule has 0 aromatic heterocycles. The van der Waals surface area contributed by atoms with Gasteiger partial charge in [-0.15, -0.1) is 0 Å². The number of nitrogens with two attached hydrogens (primary N) is 1. The summed E-state index contributed by atoms with van der Waals surface area (Å²) < 4.78 is 0.992. The van der Waals surface area contributed by atoms with Gasteiger partial charge in [0.25, 0.3) is 0 Å². The molecule has 0 aliphatic carbocycles. The van der Waals surface area contributed by atoms with Crippen LogP contribution in [0.5, 0.6) is 0 Å². The van der Waals surface area contributed by atoms with Crippen LogP contribution >= 0.6 is 15.9 Å². The number of benzene rings is 2. The van der Waals surface area contributed by atoms with Crippen LogP contribution in [0.4, 0.5) is 5.69 Å². The number of amides is 1. The Morgan fingerprint density at radius 1 is 1.23 bits per heavy atom. The van der Waals surface area contributed by atoms with Crippen LogP contribution in [0, 0.1) is 5.92 Å². The van der Waals surface area contributed by atoms with E-state index in [4.69, 9.17) is 5.73 Å². The SMILES string of the molecule is CC(C(=O)N1CCc2ccc(Br)cc21)C(N)c1ccccc1. The van der Waals surface area contributed by atoms with Gasteiger partial charge < -0.3 is 10.6 Å². The molecule has 0 bridgehead atoms. The average molecular weight is 359 g/mol. The third kappa shape index (κ3) is 2.81. The van der Waals surface area contributed by atoms with Crippen LogP contribution in [0.2, 0.25) is 0 Å². The number of hydrogen-bond donors (Lipinski definition) is 1. The predicted octanol–water partition coefficient (Wildman–Crippen LogP) is 3.67. The third-order valence-electron chi connectivity index (χ3n) is 4.32. The zero-order chi connectivity index (χ0) is 15.7. The van der Waals surface area contributed by atoms with Gasteiger partial charge in [-0.25, -0.2) is 0 Å². The normalized spacial score (nSPS) is 16.2. The molecule has 2 atom stereocenters. The van der Waals surface area contributed by atoms with Gasteiger partial charge >= 0.3 is 0 Å². The quantitative estimate of drug-likeness (QED) is 0.909. The van der Waals surface area contributed by atoms with Crippen molar-refractivity contribution in [3.63, 3.8) is 0 Å². The van der Waals surface area contributed by atoms with Crippen LogP contribution in [-0.4, -0.2) is 12.5 Å². The van der Waals surface area contributed by atoms with Crippen molar-refractivity contribution in [1.29, 1.82) is 0 Å². The monoisotopic (exact) mass is 358 g/mol. The summed E-state index contributed by atoms with van der Waals surface area (Å²) in [6.07, 6.45) is 0.904. The van der Waals surface area contributed by atoms with Gasteiger partial charge in [-0.1, -0.05) is 59.3 Å². The fourth-order valence-electron chi connectivity index (χ4n) is 2.94. The molecule has 0 saturated carbocycles. The maximum Gasteiger partial charge on any atom is 0.231 e. The van der Waals surface area contributed by atoms with Crippen LogP contribution in [-0.2, 0) is 11.2 Å². The maximum absolute atomic E-state index is 12.9. The van der Waals surface area contributed by atoms with E-state index in [1.807, 2.05) is 54.3 Å². The average Bonchev–Trinajstić information content (AvgIpc) is 2.96. The highest BCUT2D eigenvalue weighted by Crippen LogP contribution is 2.33. The molecule has 2 N–H and O–H groups in total. The Kier molecular flexibility index (Phi) is 4.32. The molecule has 1 aliphatic rings. The summed E-state index contributed by atoms with van der Waals surface area (Å²) in [5.41, 5.74) is 9.52. The fourth-order valence-corrected chi connectivity index (χ4v) is 3.29. The fraction of sp³-hybridized carbons (Fsp3) is 0.278. The van der Waals surface area contributed by atoms with Gasteiger partial charge in [0.15, 0.2) is 0 Å². The van der Waals surface area contributed by atoms with Crippen molar-refractivity contribution >= 4 is 27.5 Å². The van der Waals surface area contributed by atoms with Crippen LogP contribution < -0.4 is 10.6 Å². The molecule has 22 heavy (non-hydrogen) atoms. The number of anilines is 1. The molecule has 1 amide bonds. The molecular formula is C18H19BrN2O. The molecule has 3 nitrogen and oxygen atoms in total. The summed E-state index contributed by atoms with van der Waals surface area (Å²) in [6, 6.07) is 15.6. The summed E-state index contributed by atoms with van der Waals surface area (Å²) in [4.78, 5) is 14.7. The first kappa shape index (κ1) is 15.3. The molecule has 4 heteroatoms. The first-order chi connectivity index (χ1) is 10.6. The standard InChI is InChI=1S/C18H19BrN2O/c1-12(17(20)14-5-3-2-4-6-14)18(22)21-10-9-13-7-8-15(19)11-16(13)21/h2-8,11-12,17H,9-10,20H2,1H3. The Balaban J connectivity index is 1.82. The number of halogens is 1. The number of carbonyl (C=O) groups excluding carboxylic acids is 1. The van der Waals surface area contributed by atoms with E-state index in [1.54, 1.807) is 0 Å². The third-order valence-corrected chi connectivity index (χ3v) is 4.81. The van der Waals surface area contributed by atoms with Gasteiger partial charge in [-0.3, -0.25) is 4.79 Å². The summed E-state index contributed by atoms with van der Waals surface area (Å²) >= 11 is 3.48. The molecule has 0 spiro atoms. The van der Waals surface area contributed by atoms with Crippen molar-refractivity contribution < 1.29 is 4.79 Å². The molecule has 2 aromatic carbocycles. The van der Waals surface area contributed by atoms with E-state index < -0.39 is 0 Å². The molecular weight excluding hydrogens is 340 g/mol. The maximum atomic E-state index is 12.9. The summed E-state index contributed by atoms with van der Waals surface area (Å²) in [5.74, 6) is -0.166. The van der Waals surface area contributed by atoms with Crippen LogP contribution in [0.15, 0.2) is 53.0 Å². The zero-order valence-electron chi connectivity index (χ0n) is 12.5. The van der Waals surface area contributed by atoms with E-state index in [0.29, 0.717) is 0 Å². The minimum Gasteiger partial charge on any atom is -0.323 e. The van der Waals surface area contributed by atoms with Crippen LogP contribution in [0.1, 0.15) is 24.1 Å². The Labute approximate surface area is 139 Å². The lowest BCUT2D eigenvalue weighted by molar-refractivity contribution is -0.122. The molecule has 3 rings (SSSR count). The number of hydrogen-bond acceptors (Lipinski definition) is 2. The van der Waals surface area contributed by atoms with Gasteiger partial charge in [0.05, 0.1) is 5.92 Å². The largest absolute Gasteiger partial charge is 0.323 e. The second kappa shape index (κ2) is 6.23. The van der Waals surface area contributed by atoms with E-state index in [1.165, 1.54) is 5.56 Å². The Bertz CT molecular complexity index is 687. The number of rotatable bonds is 3. The van der Waals surface area contributed by atoms with E-state index in [2.05, 4.69) is 22.0 Å². The zero-order valence-corrected chi connectivity index (χ0v) is 14.1. The van der Waals surface area contributed by atoms with Crippen molar-refractivity contribution in [2.45, 2.75) is 19.4 Å². The summed E-state index contributed by atoms with van der Waals surface area (Å²) in [7, 11) is 0. The predicted molar refractivity (Wildman–Crippen MR) is 92.7 cm³/mol. The Hall–Kier alpha value is -1.65. The van der Waals surface area contributed by atoms with E-state index in [-0.39, 0.29) is 17.9 Å². The summed E-state index contributed by atoms with van der Waals surface area (Å²) in [6.45, 7) is 2.65. The number of nitrogens with zero attached hydrogens (tertiary/aromatic N) is 1. The Morgan fingerprint density at radius 2 is 1.95 bits per heavy atom. The first-order valence-corrected chi connectivity index (χ1v) is 8.27. The molecule has 0 saturated heterocycles. The van der Waals surface area contributed by atoms with Crippen molar-refractivity contribution in [2.24, 2.45) is 11.7 Å². The number of fused-ring (bicyclic) bond motifs is 1. The van der Waals surface area contributed by atoms with Gasteiger partial charge in [-0.2, -0.15) is 0 Å². The lowest BCUT2D eigenvalue weighted by atomic mass is 9.94. The van der Waals surface area contributed by atoms with Crippen molar-refractivity contribution in [1.82, 2.24) is 0 Å². The molecule has 1 heterocycles. The molecule has 2 aromatic rings. The molecule has 1 aliphatic heterocycles. The van der Waals surface area contributed by atoms with Crippen molar-refractivity contribution in [3.8, 4) is 0 Å². The second-order valence-corrected chi connectivity index (χ2v) is 6.65. The topological polar surface area (TPSA) is 46.3 Å². The molecule has 2 unspecified atom stereocenters. The highest BCUT2D eigenvalue weighted by molar-refractivity contribution is 9.10. The smallest absolute Gasteiger partial charge is 0.231 e. The van der Waals surface area contributed by atoms with Crippen molar-refractivity contribution in [3.05, 3.63) is 64.1 Å². The van der Waals surface area contributed by atoms with Crippen LogP contribution in [0.3, 0.4) is 0 Å². The van der Waals surface area contributed by atoms with Crippen LogP contribution in [0.25, 0.3) is 0 Å². The first-order valence-electron chi connectivity index (χ1n) is 7.48. The molecule has 114 valence electrons. The van der Waals surface area contributed by atoms with Gasteiger partial charge in [-0.05, 0) is 29.7 Å². The van der Waals surface area contributed by atoms with Crippen molar-refractivity contribution in [2.75, 3.05) is 11.4 Å². The van der Waals surface area contributed by atoms with E-state index in [9.17, 15) is 4.79 Å². The minimum absolute atomic E-state index is 0.0909. The van der Waals surface area contributed by atoms with E-state index in [0.717, 1.165) is 28.7 Å². The van der Waals surface area contributed by atoms with Gasteiger partial charge in [0.2, 0.25) is 5.91 Å².